The smallest absolute Gasteiger partial charge is 0.0625 e. The van der Waals surface area contributed by atoms with Crippen LogP contribution in [0.1, 0.15) is 34.1 Å². The summed E-state index contributed by atoms with van der Waals surface area (Å²) in [6.07, 6.45) is 1.03. The van der Waals surface area contributed by atoms with Crippen molar-refractivity contribution >= 4 is 11.6 Å². The Morgan fingerprint density at radius 1 is 1.33 bits per heavy atom. The third-order valence-electron chi connectivity index (χ3n) is 2.45. The highest BCUT2D eigenvalue weighted by Crippen LogP contribution is 2.25. The number of hydrogen-bond acceptors (Lipinski definition) is 1. The van der Waals surface area contributed by atoms with Crippen molar-refractivity contribution in [3.63, 3.8) is 0 Å². The molecule has 0 aromatic carbocycles. The van der Waals surface area contributed by atoms with E-state index in [0.717, 1.165) is 12.3 Å². The predicted octanol–water partition coefficient (Wildman–Crippen LogP) is 3.31. The summed E-state index contributed by atoms with van der Waals surface area (Å²) in [6.45, 7) is 8.63. The van der Waals surface area contributed by atoms with Gasteiger partial charge in [-0.1, -0.05) is 13.8 Å². The molecule has 0 radical (unpaired) electrons. The minimum atomic E-state index is -0.0379. The van der Waals surface area contributed by atoms with Crippen LogP contribution in [-0.2, 0) is 4.74 Å². The molecule has 0 fully saturated rings. The molecule has 0 amide bonds. The van der Waals surface area contributed by atoms with Crippen LogP contribution in [0.25, 0.3) is 0 Å². The summed E-state index contributed by atoms with van der Waals surface area (Å²) >= 11 is 5.87. The minimum absolute atomic E-state index is 0.0379. The summed E-state index contributed by atoms with van der Waals surface area (Å²) in [5.74, 6) is 1.92. The normalized spacial score (nSPS) is 15.2. The van der Waals surface area contributed by atoms with E-state index in [4.69, 9.17) is 16.3 Å². The number of halogens is 1. The second kappa shape index (κ2) is 5.08. The van der Waals surface area contributed by atoms with E-state index >= 15 is 0 Å². The standard InChI is InChI=1S/C10H21ClO/c1-8(2)9(7-11)6-10(3,4)12-5/h8-9H,6-7H2,1-5H3. The topological polar surface area (TPSA) is 9.23 Å². The molecule has 0 saturated carbocycles. The van der Waals surface area contributed by atoms with E-state index in [1.165, 1.54) is 0 Å². The van der Waals surface area contributed by atoms with Crippen molar-refractivity contribution < 1.29 is 4.74 Å². The van der Waals surface area contributed by atoms with Gasteiger partial charge in [0.15, 0.2) is 0 Å². The number of methoxy groups -OCH3 is 1. The van der Waals surface area contributed by atoms with Gasteiger partial charge in [-0.25, -0.2) is 0 Å². The van der Waals surface area contributed by atoms with E-state index in [0.29, 0.717) is 11.8 Å². The summed E-state index contributed by atoms with van der Waals surface area (Å²) in [7, 11) is 1.76. The number of ether oxygens (including phenoxy) is 1. The molecule has 0 aliphatic heterocycles. The van der Waals surface area contributed by atoms with Gasteiger partial charge in [0, 0.05) is 13.0 Å². The highest BCUT2D eigenvalue weighted by atomic mass is 35.5. The molecule has 1 atom stereocenters. The van der Waals surface area contributed by atoms with Gasteiger partial charge in [-0.05, 0) is 32.1 Å². The van der Waals surface area contributed by atoms with Crippen molar-refractivity contribution in [1.82, 2.24) is 0 Å². The molecule has 0 aromatic heterocycles. The zero-order valence-electron chi connectivity index (χ0n) is 8.86. The Hall–Kier alpha value is 0.250. The van der Waals surface area contributed by atoms with Gasteiger partial charge in [-0.2, -0.15) is 0 Å². The monoisotopic (exact) mass is 192 g/mol. The van der Waals surface area contributed by atoms with Crippen molar-refractivity contribution in [2.45, 2.75) is 39.7 Å². The van der Waals surface area contributed by atoms with Gasteiger partial charge in [0.2, 0.25) is 0 Å². The van der Waals surface area contributed by atoms with Crippen LogP contribution in [0.4, 0.5) is 0 Å². The van der Waals surface area contributed by atoms with Crippen LogP contribution in [-0.4, -0.2) is 18.6 Å². The van der Waals surface area contributed by atoms with Crippen molar-refractivity contribution in [3.8, 4) is 0 Å². The van der Waals surface area contributed by atoms with Gasteiger partial charge in [-0.15, -0.1) is 11.6 Å². The van der Waals surface area contributed by atoms with Gasteiger partial charge in [0.25, 0.3) is 0 Å². The molecule has 12 heavy (non-hydrogen) atoms. The lowest BCUT2D eigenvalue weighted by atomic mass is 9.87. The molecular formula is C10H21ClO. The minimum Gasteiger partial charge on any atom is -0.379 e. The van der Waals surface area contributed by atoms with Gasteiger partial charge in [0.05, 0.1) is 5.60 Å². The maximum absolute atomic E-state index is 5.87. The fraction of sp³-hybridized carbons (Fsp3) is 1.00. The molecule has 0 N–H and O–H groups in total. The SMILES string of the molecule is COC(C)(C)CC(CCl)C(C)C. The summed E-state index contributed by atoms with van der Waals surface area (Å²) in [5, 5.41) is 0. The predicted molar refractivity (Wildman–Crippen MR) is 54.8 cm³/mol. The molecule has 1 nitrogen and oxygen atoms in total. The Kier molecular flexibility index (Phi) is 5.19. The molecule has 0 aliphatic carbocycles. The van der Waals surface area contributed by atoms with Crippen LogP contribution in [0.3, 0.4) is 0 Å². The fourth-order valence-corrected chi connectivity index (χ4v) is 1.65. The largest absolute Gasteiger partial charge is 0.379 e. The molecule has 2 heteroatoms. The van der Waals surface area contributed by atoms with Gasteiger partial charge in [-0.3, -0.25) is 0 Å². The number of alkyl halides is 1. The molecule has 0 heterocycles. The average molecular weight is 193 g/mol. The van der Waals surface area contributed by atoms with E-state index in [9.17, 15) is 0 Å². The third kappa shape index (κ3) is 4.32. The molecule has 0 spiro atoms. The van der Waals surface area contributed by atoms with Crippen LogP contribution in [0, 0.1) is 11.8 Å². The zero-order chi connectivity index (χ0) is 9.78. The highest BCUT2D eigenvalue weighted by Gasteiger charge is 2.23. The quantitative estimate of drug-likeness (QED) is 0.608. The van der Waals surface area contributed by atoms with E-state index < -0.39 is 0 Å². The number of rotatable bonds is 5. The first-order valence-corrected chi connectivity index (χ1v) is 5.07. The van der Waals surface area contributed by atoms with E-state index in [1.807, 2.05) is 0 Å². The first-order valence-electron chi connectivity index (χ1n) is 4.54. The Labute approximate surface area is 81.4 Å². The van der Waals surface area contributed by atoms with Crippen LogP contribution >= 0.6 is 11.6 Å². The summed E-state index contributed by atoms with van der Waals surface area (Å²) in [6, 6.07) is 0. The third-order valence-corrected chi connectivity index (χ3v) is 2.84. The van der Waals surface area contributed by atoms with Crippen molar-refractivity contribution in [1.29, 1.82) is 0 Å². The zero-order valence-corrected chi connectivity index (χ0v) is 9.61. The second-order valence-corrected chi connectivity index (χ2v) is 4.63. The van der Waals surface area contributed by atoms with E-state index in [1.54, 1.807) is 7.11 Å². The summed E-state index contributed by atoms with van der Waals surface area (Å²) in [4.78, 5) is 0. The van der Waals surface area contributed by atoms with Gasteiger partial charge >= 0.3 is 0 Å². The molecular weight excluding hydrogens is 172 g/mol. The molecule has 74 valence electrons. The Morgan fingerprint density at radius 3 is 2.08 bits per heavy atom. The average Bonchev–Trinajstić information content (AvgIpc) is 2.00. The van der Waals surface area contributed by atoms with Crippen molar-refractivity contribution in [2.75, 3.05) is 13.0 Å². The molecule has 0 aliphatic rings. The lowest BCUT2D eigenvalue weighted by molar-refractivity contribution is -0.000674. The van der Waals surface area contributed by atoms with E-state index in [2.05, 4.69) is 27.7 Å². The first-order chi connectivity index (χ1) is 5.43. The van der Waals surface area contributed by atoms with Crippen LogP contribution in [0.2, 0.25) is 0 Å². The first kappa shape index (κ1) is 12.2. The van der Waals surface area contributed by atoms with Crippen LogP contribution in [0.15, 0.2) is 0 Å². The summed E-state index contributed by atoms with van der Waals surface area (Å²) in [5.41, 5.74) is -0.0379. The maximum Gasteiger partial charge on any atom is 0.0625 e. The molecule has 1 unspecified atom stereocenters. The van der Waals surface area contributed by atoms with Crippen LogP contribution in [0.5, 0.6) is 0 Å². The van der Waals surface area contributed by atoms with Crippen molar-refractivity contribution in [2.24, 2.45) is 11.8 Å². The number of hydrogen-bond donors (Lipinski definition) is 0. The maximum atomic E-state index is 5.87. The molecule has 0 bridgehead atoms. The molecule has 0 aromatic rings. The molecule has 0 rings (SSSR count). The lowest BCUT2D eigenvalue weighted by Gasteiger charge is -2.29. The Bertz CT molecular complexity index is 121. The highest BCUT2D eigenvalue weighted by molar-refractivity contribution is 6.18. The Morgan fingerprint density at radius 2 is 1.83 bits per heavy atom. The molecule has 0 saturated heterocycles. The summed E-state index contributed by atoms with van der Waals surface area (Å²) < 4.78 is 5.36. The Balaban J connectivity index is 4.01. The van der Waals surface area contributed by atoms with Gasteiger partial charge < -0.3 is 4.74 Å². The van der Waals surface area contributed by atoms with Crippen LogP contribution < -0.4 is 0 Å². The van der Waals surface area contributed by atoms with Gasteiger partial charge in [0.1, 0.15) is 0 Å². The van der Waals surface area contributed by atoms with Crippen molar-refractivity contribution in [3.05, 3.63) is 0 Å². The fourth-order valence-electron chi connectivity index (χ4n) is 1.18. The lowest BCUT2D eigenvalue weighted by Crippen LogP contribution is -2.29. The van der Waals surface area contributed by atoms with E-state index in [-0.39, 0.29) is 5.60 Å². The second-order valence-electron chi connectivity index (χ2n) is 4.33.